The summed E-state index contributed by atoms with van der Waals surface area (Å²) in [5.74, 6) is -20.1. The number of primary amides is 2. The SMILES string of the molecule is CN[C@H](CC(C)C)C(=O)N[C@H]1C(=O)N[C@@H](CC(N)=O)C(=O)N[C@H]2C(=O)N[C@H]3C(=O)N[C@H](C(=O)N[C@H](C(=O)O)c4cc(O)cc(O)c4-c4cc3ccc4O)[C@H](O)c3ccc(c(Cl)c3)Oc3cc2cc(c3OCCO[C@@H]2O[C@H](C(N)=O)[C@@H](OC)[C@H](NC(=O)Nc3ccc(Cl)c(C(F)(F)F)c3)[C@H]2O[C@@H]2O[C@H](CO)[C@@H](O)[C@H](O)[C@H]2NC(=O)c2cccc(C(F)(F)F)c2)Oc2ccc(cc2Cl)[C@H]1O. The number of methoxy groups -OCH3 is 1. The van der Waals surface area contributed by atoms with Gasteiger partial charge in [-0.05, 0) is 133 Å². The third kappa shape index (κ3) is 22.5. The molecule has 14 rings (SSSR count). The molecule has 0 spiro atoms. The first-order chi connectivity index (χ1) is 62.7. The van der Waals surface area contributed by atoms with Crippen LogP contribution in [0.3, 0.4) is 0 Å². The first-order valence-corrected chi connectivity index (χ1v) is 41.2. The fourth-order valence-corrected chi connectivity index (χ4v) is 16.0. The Bertz CT molecular complexity index is 5680. The molecule has 0 radical (unpaired) electrons. The predicted octanol–water partition coefficient (Wildman–Crippen LogP) is 3.81. The third-order valence-electron chi connectivity index (χ3n) is 21.8. The number of carbonyl (C=O) groups excluding carboxylic acids is 10. The van der Waals surface area contributed by atoms with Crippen molar-refractivity contribution in [2.45, 2.75) is 155 Å². The number of aliphatic carboxylic acids is 1. The number of urea groups is 1. The van der Waals surface area contributed by atoms with Crippen molar-refractivity contribution >= 4 is 106 Å². The molecule has 2 fully saturated rings. The van der Waals surface area contributed by atoms with Crippen molar-refractivity contribution in [1.29, 1.82) is 0 Å². The molecular formula is C84H85Cl3F6N12O28. The molecule has 7 aliphatic heterocycles. The lowest BCUT2D eigenvalue weighted by Gasteiger charge is -2.48. The molecule has 0 aliphatic carbocycles. The number of anilines is 1. The summed E-state index contributed by atoms with van der Waals surface area (Å²) < 4.78 is 135. The Labute approximate surface area is 762 Å². The summed E-state index contributed by atoms with van der Waals surface area (Å²) >= 11 is 20.1. The molecule has 23 N–H and O–H groups in total. The van der Waals surface area contributed by atoms with E-state index in [0.29, 0.717) is 18.2 Å². The predicted molar refractivity (Wildman–Crippen MR) is 446 cm³/mol. The van der Waals surface area contributed by atoms with Gasteiger partial charge in [-0.25, -0.2) is 9.59 Å². The highest BCUT2D eigenvalue weighted by Gasteiger charge is 2.55. The van der Waals surface area contributed by atoms with Gasteiger partial charge in [0.2, 0.25) is 53.0 Å². The van der Waals surface area contributed by atoms with Crippen molar-refractivity contribution in [2.24, 2.45) is 17.4 Å². The summed E-state index contributed by atoms with van der Waals surface area (Å²) in [6, 6.07) is -3.09. The van der Waals surface area contributed by atoms with Gasteiger partial charge in [0, 0.05) is 41.1 Å². The summed E-state index contributed by atoms with van der Waals surface area (Å²) in [5.41, 5.74) is 4.19. The van der Waals surface area contributed by atoms with Crippen LogP contribution in [-0.2, 0) is 79.2 Å². The number of ether oxygens (including phenoxy) is 8. The zero-order chi connectivity index (χ0) is 97.0. The van der Waals surface area contributed by atoms with Crippen LogP contribution in [0.25, 0.3) is 11.1 Å². The number of carbonyl (C=O) groups is 11. The number of phenols is 3. The molecule has 7 aliphatic rings. The summed E-state index contributed by atoms with van der Waals surface area (Å²) in [7, 11) is 2.35. The number of carboxylic acid groups (broad SMARTS) is 1. The quantitative estimate of drug-likeness (QED) is 0.0339. The van der Waals surface area contributed by atoms with Crippen molar-refractivity contribution in [1.82, 2.24) is 47.9 Å². The number of alkyl halides is 6. The molecule has 49 heteroatoms. The number of hydrogen-bond donors (Lipinski definition) is 21. The van der Waals surface area contributed by atoms with Gasteiger partial charge in [0.15, 0.2) is 36.2 Å². The molecule has 712 valence electrons. The Morgan fingerprint density at radius 3 is 1.85 bits per heavy atom. The van der Waals surface area contributed by atoms with Crippen molar-refractivity contribution in [3.8, 4) is 57.1 Å². The van der Waals surface area contributed by atoms with E-state index in [0.717, 1.165) is 110 Å². The molecule has 7 aromatic rings. The Morgan fingerprint density at radius 2 is 1.25 bits per heavy atom. The molecular weight excluding hydrogens is 1850 g/mol. The molecule has 11 bridgehead atoms. The Hall–Kier alpha value is -12.7. The van der Waals surface area contributed by atoms with Gasteiger partial charge < -0.3 is 148 Å². The molecule has 11 amide bonds. The van der Waals surface area contributed by atoms with Gasteiger partial charge in [-0.3, -0.25) is 43.2 Å². The highest BCUT2D eigenvalue weighted by atomic mass is 35.5. The molecule has 0 saturated carbocycles. The number of aromatic hydroxyl groups is 3. The van der Waals surface area contributed by atoms with Crippen molar-refractivity contribution in [3.05, 3.63) is 181 Å². The van der Waals surface area contributed by atoms with E-state index in [9.17, 15) is 111 Å². The second-order valence-electron chi connectivity index (χ2n) is 31.3. The number of benzene rings is 7. The van der Waals surface area contributed by atoms with E-state index in [2.05, 4.69) is 53.2 Å². The van der Waals surface area contributed by atoms with Crippen LogP contribution in [0, 0.1) is 5.92 Å². The van der Waals surface area contributed by atoms with E-state index in [-0.39, 0.29) is 23.5 Å². The molecule has 0 aromatic heterocycles. The molecule has 19 atom stereocenters. The number of phenolic OH excluding ortho intramolecular Hbond substituents is 3. The van der Waals surface area contributed by atoms with Crippen LogP contribution in [0.5, 0.6) is 46.0 Å². The largest absolute Gasteiger partial charge is 0.508 e. The molecule has 40 nitrogen and oxygen atoms in total. The number of amides is 11. The van der Waals surface area contributed by atoms with Crippen LogP contribution in [0.1, 0.15) is 106 Å². The van der Waals surface area contributed by atoms with Gasteiger partial charge in [0.05, 0.1) is 57.9 Å². The van der Waals surface area contributed by atoms with Crippen molar-refractivity contribution < 1.29 is 163 Å². The number of likely N-dealkylation sites (N-methyl/N-ethyl adjacent to an activating group) is 1. The summed E-state index contributed by atoms with van der Waals surface area (Å²) in [4.78, 5) is 160. The second kappa shape index (κ2) is 41.2. The molecule has 133 heavy (non-hydrogen) atoms. The van der Waals surface area contributed by atoms with Gasteiger partial charge in [0.25, 0.3) is 5.91 Å². The summed E-state index contributed by atoms with van der Waals surface area (Å²) in [6.45, 7) is 0.408. The number of nitrogens with one attached hydrogen (secondary N) is 10. The standard InChI is InChI=1S/C84H85Cl3F6N12O28/c1-30(2)18-45(96-3)73(117)102-59-63(111)32-9-14-49(43(86)21-32)129-51-23-35-24-52(130-50-15-10-33(22-44(50)87)64(112)60-78(122)101-58(79(123)124)40-26-38(107)27-48(109)55(40)39-20-31(8-13-47(39)108)56(75(119)103-60)100-76(120)57(35)99-74(118)46(28-54(94)110)98-77(59)121)67(51)127-16-17-128-81-69(62(68(126-4)70(133-81)71(95)115)105-82(125)97-37-11-12-42(85)41(25-37)84(91,92)93)132-80-61(66(114)65(113)53(29-106)131-80)104-72(116)34-6-5-7-36(19-34)83(88,89)90/h5-15,19-27,30,45-46,53,56-66,68-70,80-81,96,106-109,111-114H,16-18,28-29H2,1-4H3,(H2,94,110)(H2,95,115)(H,98,121)(H,99,118)(H,100,120)(H,101,122)(H,102,117)(H,103,119)(H,104,116)(H,123,124)(H2,97,105,125)/t45-,46+,53-,56-,57-,58+,59-,60+,61-,62+,63-,64-,65-,66-,68+,69-,70+,80+,81-/m1/s1. The number of halogens is 9. The van der Waals surface area contributed by atoms with Crippen LogP contribution in [0.2, 0.25) is 15.1 Å². The fourth-order valence-electron chi connectivity index (χ4n) is 15.3. The minimum absolute atomic E-state index is 0.136. The number of nitrogens with two attached hydrogens (primary N) is 2. The average molecular weight is 1930 g/mol. The highest BCUT2D eigenvalue weighted by molar-refractivity contribution is 6.32. The monoisotopic (exact) mass is 1930 g/mol. The van der Waals surface area contributed by atoms with E-state index in [4.69, 9.17) is 84.2 Å². The maximum atomic E-state index is 16.2. The number of fused-ring (bicyclic) bond motifs is 15. The van der Waals surface area contributed by atoms with Crippen LogP contribution in [-0.4, -0.2) is 231 Å². The minimum atomic E-state index is -5.12. The second-order valence-corrected chi connectivity index (χ2v) is 32.5. The van der Waals surface area contributed by atoms with Gasteiger partial charge in [-0.2, -0.15) is 26.3 Å². The molecule has 7 aromatic carbocycles. The molecule has 0 unspecified atom stereocenters. The first kappa shape index (κ1) is 99.3. The van der Waals surface area contributed by atoms with E-state index in [1.54, 1.807) is 13.8 Å². The lowest BCUT2D eigenvalue weighted by atomic mass is 9.89. The Balaban J connectivity index is 1.03. The topological polar surface area (TPSA) is 616 Å². The molecule has 2 saturated heterocycles. The first-order valence-electron chi connectivity index (χ1n) is 40.1. The van der Waals surface area contributed by atoms with Crippen LogP contribution >= 0.6 is 34.8 Å². The lowest BCUT2D eigenvalue weighted by molar-refractivity contribution is -0.336. The maximum Gasteiger partial charge on any atom is 0.417 e. The number of aliphatic hydroxyl groups is 5. The Morgan fingerprint density at radius 1 is 0.609 bits per heavy atom. The third-order valence-corrected chi connectivity index (χ3v) is 22.7. The van der Waals surface area contributed by atoms with Gasteiger partial charge in [-0.15, -0.1) is 0 Å². The van der Waals surface area contributed by atoms with Gasteiger partial charge >= 0.3 is 24.4 Å². The number of hydrogen-bond acceptors (Lipinski definition) is 28. The zero-order valence-electron chi connectivity index (χ0n) is 69.5. The van der Waals surface area contributed by atoms with Crippen molar-refractivity contribution in [2.75, 3.05) is 39.3 Å². The fraction of sp³-hybridized carbons (Fsp3) is 0.369. The summed E-state index contributed by atoms with van der Waals surface area (Å²) in [6.07, 6.45) is -33.1. The average Bonchev–Trinajstić information content (AvgIpc) is 0.755. The zero-order valence-corrected chi connectivity index (χ0v) is 71.7. The van der Waals surface area contributed by atoms with Crippen LogP contribution < -0.4 is 78.8 Å². The van der Waals surface area contributed by atoms with Crippen LogP contribution in [0.15, 0.2) is 121 Å². The number of aliphatic hydroxyl groups excluding tert-OH is 5. The van der Waals surface area contributed by atoms with E-state index < -0.39 is 331 Å². The minimum Gasteiger partial charge on any atom is -0.508 e. The lowest BCUT2D eigenvalue weighted by Crippen LogP contribution is -2.71. The van der Waals surface area contributed by atoms with E-state index in [1.807, 2.05) is 0 Å². The maximum absolute atomic E-state index is 16.2. The smallest absolute Gasteiger partial charge is 0.417 e. The van der Waals surface area contributed by atoms with E-state index >= 15 is 14.4 Å². The Kier molecular flexibility index (Phi) is 30.8. The van der Waals surface area contributed by atoms with E-state index in [1.165, 1.54) is 7.05 Å². The molecule has 7 heterocycles. The van der Waals surface area contributed by atoms with Crippen molar-refractivity contribution in [3.63, 3.8) is 0 Å². The van der Waals surface area contributed by atoms with Gasteiger partial charge in [-0.1, -0.05) is 72.9 Å². The normalized spacial score (nSPS) is 25.3. The van der Waals surface area contributed by atoms with Gasteiger partial charge in [0.1, 0.15) is 114 Å². The summed E-state index contributed by atoms with van der Waals surface area (Å²) in [5, 5.41) is 125. The highest BCUT2D eigenvalue weighted by Crippen LogP contribution is 2.50. The van der Waals surface area contributed by atoms with Crippen LogP contribution in [0.4, 0.5) is 36.8 Å². The number of rotatable bonds is 22. The number of carboxylic acids is 1.